The third kappa shape index (κ3) is 4.54. The topological polar surface area (TPSA) is 118 Å². The zero-order chi connectivity index (χ0) is 26.9. The number of ether oxygens (including phenoxy) is 1. The number of carbonyl (C=O) groups excluding carboxylic acids is 1. The summed E-state index contributed by atoms with van der Waals surface area (Å²) in [6.45, 7) is 2.71. The zero-order valence-electron chi connectivity index (χ0n) is 21.4. The lowest BCUT2D eigenvalue weighted by Crippen LogP contribution is -2.36. The van der Waals surface area contributed by atoms with Crippen LogP contribution in [0.2, 0.25) is 0 Å². The number of aromatic nitrogens is 3. The van der Waals surface area contributed by atoms with Gasteiger partial charge in [0.1, 0.15) is 0 Å². The van der Waals surface area contributed by atoms with Crippen LogP contribution in [0.5, 0.6) is 0 Å². The number of pyridine rings is 1. The van der Waals surface area contributed by atoms with E-state index in [2.05, 4.69) is 31.8 Å². The molecule has 4 heterocycles. The lowest BCUT2D eigenvalue weighted by molar-refractivity contribution is -0.116. The summed E-state index contributed by atoms with van der Waals surface area (Å²) >= 11 is 0. The first-order valence-electron chi connectivity index (χ1n) is 13.1. The second-order valence-corrected chi connectivity index (χ2v) is 9.49. The third-order valence-electron chi connectivity index (χ3n) is 6.94. The number of nitrogens with zero attached hydrogens (tertiary/aromatic N) is 5. The molecule has 2 aromatic heterocycles. The lowest BCUT2D eigenvalue weighted by atomic mass is 10.0. The number of amides is 1. The average Bonchev–Trinajstić information content (AvgIpc) is 3.43. The largest absolute Gasteiger partial charge is 0.402 e. The molecule has 10 nitrogen and oxygen atoms in total. The lowest BCUT2D eigenvalue weighted by Gasteiger charge is -2.29. The van der Waals surface area contributed by atoms with Gasteiger partial charge in [0.05, 0.1) is 35.8 Å². The van der Waals surface area contributed by atoms with Gasteiger partial charge in [-0.25, -0.2) is 9.98 Å². The first-order valence-corrected chi connectivity index (χ1v) is 13.1. The van der Waals surface area contributed by atoms with Crippen LogP contribution in [0.1, 0.15) is 11.1 Å². The maximum Gasteiger partial charge on any atom is 0.317 e. The van der Waals surface area contributed by atoms with Crippen LogP contribution >= 0.6 is 0 Å². The Morgan fingerprint density at radius 1 is 0.900 bits per heavy atom. The van der Waals surface area contributed by atoms with Gasteiger partial charge in [0.15, 0.2) is 5.69 Å². The maximum atomic E-state index is 13.2. The van der Waals surface area contributed by atoms with Crippen molar-refractivity contribution in [3.63, 3.8) is 0 Å². The highest BCUT2D eigenvalue weighted by atomic mass is 16.5. The fourth-order valence-electron chi connectivity index (χ4n) is 4.98. The van der Waals surface area contributed by atoms with Crippen LogP contribution in [0.4, 0.5) is 17.4 Å². The van der Waals surface area contributed by atoms with Crippen molar-refractivity contribution < 1.29 is 13.9 Å². The van der Waals surface area contributed by atoms with Crippen LogP contribution in [0.15, 0.2) is 94.3 Å². The summed E-state index contributed by atoms with van der Waals surface area (Å²) in [5.41, 5.74) is 5.36. The molecule has 0 saturated carbocycles. The molecule has 1 fully saturated rings. The van der Waals surface area contributed by atoms with Crippen molar-refractivity contribution in [3.8, 4) is 11.6 Å². The number of anilines is 3. The molecule has 5 aromatic rings. The summed E-state index contributed by atoms with van der Waals surface area (Å²) in [5, 5.41) is 15.5. The maximum absolute atomic E-state index is 13.2. The molecule has 1 saturated heterocycles. The molecule has 2 aliphatic rings. The summed E-state index contributed by atoms with van der Waals surface area (Å²) in [7, 11) is 0. The van der Waals surface area contributed by atoms with E-state index < -0.39 is 6.17 Å². The van der Waals surface area contributed by atoms with Gasteiger partial charge in [0.25, 0.3) is 11.8 Å². The van der Waals surface area contributed by atoms with Crippen molar-refractivity contribution in [3.05, 3.63) is 96.1 Å². The van der Waals surface area contributed by atoms with Crippen LogP contribution in [0.3, 0.4) is 0 Å². The predicted molar refractivity (Wildman–Crippen MR) is 153 cm³/mol. The van der Waals surface area contributed by atoms with E-state index in [1.807, 2.05) is 78.9 Å². The molecule has 2 N–H and O–H groups in total. The van der Waals surface area contributed by atoms with Crippen molar-refractivity contribution in [2.24, 2.45) is 4.99 Å². The molecule has 3 aromatic carbocycles. The Kier molecular flexibility index (Phi) is 6.14. The van der Waals surface area contributed by atoms with Crippen molar-refractivity contribution >= 4 is 39.9 Å². The van der Waals surface area contributed by atoms with Crippen LogP contribution in [-0.2, 0) is 9.53 Å². The minimum absolute atomic E-state index is 0.0696. The van der Waals surface area contributed by atoms with E-state index in [0.717, 1.165) is 40.8 Å². The number of aliphatic imine (C=N–C) groups is 1. The number of hydrogen-bond donors (Lipinski definition) is 2. The van der Waals surface area contributed by atoms with Crippen molar-refractivity contribution in [1.29, 1.82) is 0 Å². The Hall–Kier alpha value is -5.09. The van der Waals surface area contributed by atoms with E-state index in [-0.39, 0.29) is 17.8 Å². The monoisotopic (exact) mass is 531 g/mol. The van der Waals surface area contributed by atoms with E-state index in [9.17, 15) is 4.79 Å². The number of benzene rings is 3. The Morgan fingerprint density at radius 2 is 1.68 bits per heavy atom. The molecule has 7 rings (SSSR count). The minimum Gasteiger partial charge on any atom is -0.402 e. The predicted octanol–water partition coefficient (Wildman–Crippen LogP) is 4.35. The SMILES string of the molecule is O=C1Nc2ccccc2C(c2ccccc2)=N[C@@H]1Nc1nnc(-c2nc3ccccc3cc2N2CCOCC2)o1. The van der Waals surface area contributed by atoms with Crippen LogP contribution in [0, 0.1) is 0 Å². The highest BCUT2D eigenvalue weighted by Crippen LogP contribution is 2.33. The molecule has 1 atom stereocenters. The second kappa shape index (κ2) is 10.2. The highest BCUT2D eigenvalue weighted by molar-refractivity contribution is 6.19. The Morgan fingerprint density at radius 3 is 2.55 bits per heavy atom. The normalized spacial score (nSPS) is 17.1. The second-order valence-electron chi connectivity index (χ2n) is 9.49. The summed E-state index contributed by atoms with van der Waals surface area (Å²) in [4.78, 5) is 25.1. The quantitative estimate of drug-likeness (QED) is 0.344. The van der Waals surface area contributed by atoms with Crippen LogP contribution in [0.25, 0.3) is 22.5 Å². The number of morpholine rings is 1. The molecule has 10 heteroatoms. The molecule has 40 heavy (non-hydrogen) atoms. The van der Waals surface area contributed by atoms with Crippen molar-refractivity contribution in [1.82, 2.24) is 15.2 Å². The summed E-state index contributed by atoms with van der Waals surface area (Å²) < 4.78 is 11.6. The molecule has 0 radical (unpaired) electrons. The van der Waals surface area contributed by atoms with E-state index >= 15 is 0 Å². The average molecular weight is 532 g/mol. The van der Waals surface area contributed by atoms with Gasteiger partial charge in [0, 0.05) is 29.6 Å². The van der Waals surface area contributed by atoms with Crippen LogP contribution in [-0.4, -0.2) is 59.3 Å². The number of hydrogen-bond acceptors (Lipinski definition) is 9. The molecule has 0 bridgehead atoms. The zero-order valence-corrected chi connectivity index (χ0v) is 21.4. The van der Waals surface area contributed by atoms with Gasteiger partial charge in [-0.3, -0.25) is 4.79 Å². The van der Waals surface area contributed by atoms with Crippen molar-refractivity contribution in [2.45, 2.75) is 6.17 Å². The molecule has 0 aliphatic carbocycles. The molecular formula is C30H25N7O3. The molecule has 2 aliphatic heterocycles. The number of nitrogens with one attached hydrogen (secondary N) is 2. The molecule has 0 unspecified atom stereocenters. The minimum atomic E-state index is -1.00. The fraction of sp³-hybridized carbons (Fsp3) is 0.167. The van der Waals surface area contributed by atoms with Gasteiger partial charge >= 0.3 is 6.01 Å². The standard InChI is InChI=1S/C30H25N7O3/c38-28-27(33-25(19-8-2-1-3-9-19)21-11-5-7-13-23(21)32-28)34-30-36-35-29(40-30)26-24(37-14-16-39-17-15-37)18-20-10-4-6-12-22(20)31-26/h1-13,18,27H,14-17H2,(H,32,38)(H,34,36)/t27-/m1/s1. The van der Waals surface area contributed by atoms with Crippen LogP contribution < -0.4 is 15.5 Å². The Balaban J connectivity index is 1.25. The van der Waals surface area contributed by atoms with E-state index in [4.69, 9.17) is 19.1 Å². The smallest absolute Gasteiger partial charge is 0.317 e. The Labute approximate surface area is 229 Å². The third-order valence-corrected chi connectivity index (χ3v) is 6.94. The number of para-hydroxylation sites is 2. The van der Waals surface area contributed by atoms with Gasteiger partial charge in [-0.1, -0.05) is 71.8 Å². The van der Waals surface area contributed by atoms with E-state index in [1.165, 1.54) is 0 Å². The van der Waals surface area contributed by atoms with Gasteiger partial charge in [-0.15, -0.1) is 5.10 Å². The van der Waals surface area contributed by atoms with Gasteiger partial charge in [-0.2, -0.15) is 0 Å². The fourth-order valence-corrected chi connectivity index (χ4v) is 4.98. The van der Waals surface area contributed by atoms with Gasteiger partial charge in [-0.05, 0) is 18.2 Å². The Bertz CT molecular complexity index is 1730. The summed E-state index contributed by atoms with van der Waals surface area (Å²) in [5.74, 6) is -0.0877. The first kappa shape index (κ1) is 24.0. The van der Waals surface area contributed by atoms with E-state index in [0.29, 0.717) is 30.3 Å². The number of rotatable bonds is 5. The molecule has 1 amide bonds. The summed E-state index contributed by atoms with van der Waals surface area (Å²) in [6.07, 6.45) is -1.00. The number of fused-ring (bicyclic) bond motifs is 2. The highest BCUT2D eigenvalue weighted by Gasteiger charge is 2.28. The van der Waals surface area contributed by atoms with Gasteiger partial charge < -0.3 is 24.7 Å². The molecular weight excluding hydrogens is 506 g/mol. The molecule has 198 valence electrons. The number of carbonyl (C=O) groups is 1. The van der Waals surface area contributed by atoms with E-state index in [1.54, 1.807) is 0 Å². The summed E-state index contributed by atoms with van der Waals surface area (Å²) in [6, 6.07) is 27.4. The van der Waals surface area contributed by atoms with Crippen molar-refractivity contribution in [2.75, 3.05) is 41.8 Å². The van der Waals surface area contributed by atoms with Gasteiger partial charge in [0.2, 0.25) is 6.17 Å². The first-order chi connectivity index (χ1) is 19.7. The number of benzodiazepines with no additional fused rings is 1. The molecule has 0 spiro atoms.